The van der Waals surface area contributed by atoms with Gasteiger partial charge in [-0.3, -0.25) is 4.79 Å². The van der Waals surface area contributed by atoms with E-state index < -0.39 is 24.7 Å². The van der Waals surface area contributed by atoms with Gasteiger partial charge < -0.3 is 10.6 Å². The van der Waals surface area contributed by atoms with E-state index in [-0.39, 0.29) is 18.4 Å². The molecule has 1 rings (SSSR count). The van der Waals surface area contributed by atoms with Gasteiger partial charge in [0.1, 0.15) is 6.54 Å². The van der Waals surface area contributed by atoms with Crippen molar-refractivity contribution >= 4 is 5.91 Å². The quantitative estimate of drug-likeness (QED) is 0.860. The van der Waals surface area contributed by atoms with Gasteiger partial charge in [-0.15, -0.1) is 0 Å². The predicted octanol–water partition coefficient (Wildman–Crippen LogP) is 2.69. The first-order chi connectivity index (χ1) is 8.70. The fraction of sp³-hybridized carbons (Fsp3) is 0.923. The number of halogens is 3. The van der Waals surface area contributed by atoms with Crippen LogP contribution in [0.15, 0.2) is 0 Å². The van der Waals surface area contributed by atoms with Gasteiger partial charge in [0.15, 0.2) is 0 Å². The molecule has 0 aromatic heterocycles. The fourth-order valence-electron chi connectivity index (χ4n) is 2.58. The summed E-state index contributed by atoms with van der Waals surface area (Å²) in [6.07, 6.45) is -0.470. The lowest BCUT2D eigenvalue weighted by Crippen LogP contribution is -2.45. The maximum Gasteiger partial charge on any atom is 0.406 e. The lowest BCUT2D eigenvalue weighted by Gasteiger charge is -2.32. The van der Waals surface area contributed by atoms with Gasteiger partial charge in [0, 0.05) is 18.5 Å². The number of rotatable bonds is 4. The van der Waals surface area contributed by atoms with Crippen molar-refractivity contribution in [3.8, 4) is 0 Å². The van der Waals surface area contributed by atoms with Crippen molar-refractivity contribution in [2.45, 2.75) is 64.2 Å². The van der Waals surface area contributed by atoms with Crippen molar-refractivity contribution in [1.82, 2.24) is 4.90 Å². The molecule has 0 aromatic rings. The summed E-state index contributed by atoms with van der Waals surface area (Å²) in [5.41, 5.74) is 5.94. The van der Waals surface area contributed by atoms with Crippen molar-refractivity contribution in [3.05, 3.63) is 0 Å². The Morgan fingerprint density at radius 2 is 1.89 bits per heavy atom. The highest BCUT2D eigenvalue weighted by atomic mass is 19.4. The Balaban J connectivity index is 2.61. The van der Waals surface area contributed by atoms with E-state index in [9.17, 15) is 18.0 Å². The molecule has 0 aromatic carbocycles. The molecule has 2 N–H and O–H groups in total. The zero-order valence-electron chi connectivity index (χ0n) is 11.5. The molecule has 3 nitrogen and oxygen atoms in total. The maximum atomic E-state index is 12.5. The number of amides is 1. The number of nitrogens with zero attached hydrogens (tertiary/aromatic N) is 1. The van der Waals surface area contributed by atoms with E-state index in [2.05, 4.69) is 0 Å². The lowest BCUT2D eigenvalue weighted by molar-refractivity contribution is -0.165. The van der Waals surface area contributed by atoms with Crippen LogP contribution >= 0.6 is 0 Å². The van der Waals surface area contributed by atoms with Crippen molar-refractivity contribution in [3.63, 3.8) is 0 Å². The summed E-state index contributed by atoms with van der Waals surface area (Å²) >= 11 is 0. The van der Waals surface area contributed by atoms with Crippen LogP contribution in [0.25, 0.3) is 0 Å². The largest absolute Gasteiger partial charge is 0.406 e. The monoisotopic (exact) mass is 280 g/mol. The van der Waals surface area contributed by atoms with Crippen molar-refractivity contribution in [2.75, 3.05) is 6.54 Å². The third-order valence-corrected chi connectivity index (χ3v) is 3.70. The normalized spacial score (nSPS) is 24.6. The van der Waals surface area contributed by atoms with Crippen molar-refractivity contribution in [2.24, 2.45) is 11.7 Å². The van der Waals surface area contributed by atoms with Crippen molar-refractivity contribution < 1.29 is 18.0 Å². The number of hydrogen-bond acceptors (Lipinski definition) is 2. The Hall–Kier alpha value is -0.780. The molecule has 0 radical (unpaired) electrons. The maximum absolute atomic E-state index is 12.5. The number of alkyl halides is 3. The molecule has 0 heterocycles. The summed E-state index contributed by atoms with van der Waals surface area (Å²) in [5, 5.41) is 0. The van der Waals surface area contributed by atoms with E-state index in [1.165, 1.54) is 0 Å². The number of nitrogens with two attached hydrogens (primary N) is 1. The first-order valence-electron chi connectivity index (χ1n) is 6.82. The standard InChI is InChI=1S/C13H23F3N2O/c1-9(2)18(8-13(14,15)16)12(19)7-10-5-3-4-6-11(10)17/h9-11H,3-8,17H2,1-2H3. The first-order valence-corrected chi connectivity index (χ1v) is 6.82. The van der Waals surface area contributed by atoms with E-state index in [0.29, 0.717) is 0 Å². The van der Waals surface area contributed by atoms with Crippen LogP contribution in [0.1, 0.15) is 46.0 Å². The number of carbonyl (C=O) groups excluding carboxylic acids is 1. The molecule has 0 saturated heterocycles. The number of carbonyl (C=O) groups is 1. The molecule has 2 unspecified atom stereocenters. The van der Waals surface area contributed by atoms with Crippen LogP contribution in [-0.4, -0.2) is 35.6 Å². The van der Waals surface area contributed by atoms with E-state index in [0.717, 1.165) is 30.6 Å². The summed E-state index contributed by atoms with van der Waals surface area (Å²) in [7, 11) is 0. The lowest BCUT2D eigenvalue weighted by atomic mass is 9.82. The minimum atomic E-state index is -4.35. The zero-order chi connectivity index (χ0) is 14.6. The Bertz CT molecular complexity index is 305. The second-order valence-electron chi connectivity index (χ2n) is 5.64. The van der Waals surface area contributed by atoms with E-state index in [1.807, 2.05) is 0 Å². The topological polar surface area (TPSA) is 46.3 Å². The van der Waals surface area contributed by atoms with Gasteiger partial charge in [0.25, 0.3) is 0 Å². The molecule has 1 aliphatic rings. The zero-order valence-corrected chi connectivity index (χ0v) is 11.5. The Morgan fingerprint density at radius 3 is 2.37 bits per heavy atom. The molecule has 1 fully saturated rings. The highest BCUT2D eigenvalue weighted by Crippen LogP contribution is 2.27. The van der Waals surface area contributed by atoms with Crippen molar-refractivity contribution in [1.29, 1.82) is 0 Å². The van der Waals surface area contributed by atoms with Gasteiger partial charge in [-0.1, -0.05) is 12.8 Å². The van der Waals surface area contributed by atoms with E-state index >= 15 is 0 Å². The molecule has 0 spiro atoms. The molecule has 6 heteroatoms. The molecule has 1 aliphatic carbocycles. The number of hydrogen-bond donors (Lipinski definition) is 1. The fourth-order valence-corrected chi connectivity index (χ4v) is 2.58. The molecule has 0 aliphatic heterocycles. The van der Waals surface area contributed by atoms with Gasteiger partial charge >= 0.3 is 6.18 Å². The Labute approximate surface area is 112 Å². The van der Waals surface area contributed by atoms with Crippen LogP contribution in [0, 0.1) is 5.92 Å². The molecule has 19 heavy (non-hydrogen) atoms. The van der Waals surface area contributed by atoms with E-state index in [4.69, 9.17) is 5.73 Å². The summed E-state index contributed by atoms with van der Waals surface area (Å²) in [6, 6.07) is -0.508. The molecular formula is C13H23F3N2O. The summed E-state index contributed by atoms with van der Waals surface area (Å²) in [4.78, 5) is 13.0. The molecule has 1 amide bonds. The van der Waals surface area contributed by atoms with Crippen LogP contribution < -0.4 is 5.73 Å². The third kappa shape index (κ3) is 5.38. The summed E-state index contributed by atoms with van der Waals surface area (Å²) < 4.78 is 37.4. The molecule has 0 bridgehead atoms. The minimum Gasteiger partial charge on any atom is -0.331 e. The Kier molecular flexibility index (Phi) is 5.64. The SMILES string of the molecule is CC(C)N(CC(F)(F)F)C(=O)CC1CCCCC1N. The highest BCUT2D eigenvalue weighted by Gasteiger charge is 2.35. The summed E-state index contributed by atoms with van der Waals surface area (Å²) in [6.45, 7) is 2.03. The van der Waals surface area contributed by atoms with Gasteiger partial charge in [-0.25, -0.2) is 0 Å². The average Bonchev–Trinajstić information content (AvgIpc) is 2.27. The minimum absolute atomic E-state index is 0.0238. The van der Waals surface area contributed by atoms with Crippen LogP contribution in [0.5, 0.6) is 0 Å². The van der Waals surface area contributed by atoms with Crippen LogP contribution in [-0.2, 0) is 4.79 Å². The molecule has 112 valence electrons. The molecule has 1 saturated carbocycles. The van der Waals surface area contributed by atoms with Gasteiger partial charge in [-0.05, 0) is 32.6 Å². The van der Waals surface area contributed by atoms with Crippen LogP contribution in [0.2, 0.25) is 0 Å². The van der Waals surface area contributed by atoms with Crippen LogP contribution in [0.4, 0.5) is 13.2 Å². The van der Waals surface area contributed by atoms with Gasteiger partial charge in [0.05, 0.1) is 0 Å². The average molecular weight is 280 g/mol. The van der Waals surface area contributed by atoms with E-state index in [1.54, 1.807) is 13.8 Å². The van der Waals surface area contributed by atoms with Gasteiger partial charge in [-0.2, -0.15) is 13.2 Å². The first kappa shape index (κ1) is 16.3. The second-order valence-corrected chi connectivity index (χ2v) is 5.64. The molecular weight excluding hydrogens is 257 g/mol. The second kappa shape index (κ2) is 6.59. The third-order valence-electron chi connectivity index (χ3n) is 3.70. The predicted molar refractivity (Wildman–Crippen MR) is 67.5 cm³/mol. The van der Waals surface area contributed by atoms with Gasteiger partial charge in [0.2, 0.25) is 5.91 Å². The molecule has 2 atom stereocenters. The highest BCUT2D eigenvalue weighted by molar-refractivity contribution is 5.76. The smallest absolute Gasteiger partial charge is 0.331 e. The Morgan fingerprint density at radius 1 is 1.32 bits per heavy atom. The summed E-state index contributed by atoms with van der Waals surface area (Å²) in [5.74, 6) is -0.412. The van der Waals surface area contributed by atoms with Crippen LogP contribution in [0.3, 0.4) is 0 Å².